The number of carbonyl (C=O) groups excluding carboxylic acids is 1. The van der Waals surface area contributed by atoms with Crippen LogP contribution in [0.25, 0.3) is 0 Å². The predicted octanol–water partition coefficient (Wildman–Crippen LogP) is 7.82. The van der Waals surface area contributed by atoms with Crippen molar-refractivity contribution >= 4 is 21.9 Å². The lowest BCUT2D eigenvalue weighted by Gasteiger charge is -2.44. The van der Waals surface area contributed by atoms with Crippen LogP contribution in [0.1, 0.15) is 99.3 Å². The standard InChI is InChI=1S/C28H47BrO3/c1-8-9-12-22(20(3)18-32-26(31)27(4,5)6)25(30)16-19(2)23-13-14-24-21(17-29)11-10-15-28(23,24)7/h17,19,22-25,30H,3,8-16,18H2,1-2,4-7H3/t19-,22+,23-,24+,25+,28-/m1/s1. The van der Waals surface area contributed by atoms with Gasteiger partial charge in [0.25, 0.3) is 0 Å². The molecule has 1 N–H and O–H groups in total. The summed E-state index contributed by atoms with van der Waals surface area (Å²) in [5, 5.41) is 11.3. The van der Waals surface area contributed by atoms with Gasteiger partial charge >= 0.3 is 5.97 Å². The first-order chi connectivity index (χ1) is 15.0. The molecule has 2 aliphatic rings. The second-order valence-electron chi connectivity index (χ2n) is 11.8. The molecule has 3 nitrogen and oxygen atoms in total. The zero-order valence-electron chi connectivity index (χ0n) is 21.4. The van der Waals surface area contributed by atoms with Crippen molar-refractivity contribution in [3.05, 3.63) is 22.7 Å². The third-order valence-electron chi connectivity index (χ3n) is 8.34. The summed E-state index contributed by atoms with van der Waals surface area (Å²) in [6.07, 6.45) is 9.70. The Morgan fingerprint density at radius 2 is 2.06 bits per heavy atom. The summed E-state index contributed by atoms with van der Waals surface area (Å²) >= 11 is 3.62. The van der Waals surface area contributed by atoms with Crippen molar-refractivity contribution in [2.24, 2.45) is 34.5 Å². The Balaban J connectivity index is 2.04. The van der Waals surface area contributed by atoms with Crippen molar-refractivity contribution in [3.8, 4) is 0 Å². The van der Waals surface area contributed by atoms with Crippen molar-refractivity contribution in [1.29, 1.82) is 0 Å². The fourth-order valence-electron chi connectivity index (χ4n) is 6.43. The molecule has 32 heavy (non-hydrogen) atoms. The lowest BCUT2D eigenvalue weighted by atomic mass is 9.61. The number of rotatable bonds is 10. The number of fused-ring (bicyclic) bond motifs is 1. The maximum Gasteiger partial charge on any atom is 0.311 e. The largest absolute Gasteiger partial charge is 0.461 e. The average Bonchev–Trinajstić information content (AvgIpc) is 3.08. The molecule has 0 saturated heterocycles. The minimum Gasteiger partial charge on any atom is -0.461 e. The van der Waals surface area contributed by atoms with Crippen LogP contribution in [-0.2, 0) is 9.53 Å². The van der Waals surface area contributed by atoms with E-state index in [0.717, 1.165) is 31.3 Å². The van der Waals surface area contributed by atoms with Crippen LogP contribution in [0.3, 0.4) is 0 Å². The van der Waals surface area contributed by atoms with Gasteiger partial charge in [0, 0.05) is 5.92 Å². The van der Waals surface area contributed by atoms with E-state index in [2.05, 4.69) is 48.3 Å². The molecule has 0 radical (unpaired) electrons. The number of hydrogen-bond donors (Lipinski definition) is 1. The molecular formula is C28H47BrO3. The molecule has 0 bridgehead atoms. The molecule has 0 aromatic rings. The Hall–Kier alpha value is -0.610. The van der Waals surface area contributed by atoms with E-state index in [1.54, 1.807) is 5.57 Å². The number of carbonyl (C=O) groups is 1. The van der Waals surface area contributed by atoms with E-state index in [-0.39, 0.29) is 18.5 Å². The quantitative estimate of drug-likeness (QED) is 0.240. The summed E-state index contributed by atoms with van der Waals surface area (Å²) in [6, 6.07) is 0. The highest BCUT2D eigenvalue weighted by Gasteiger charge is 2.51. The minimum atomic E-state index is -0.525. The second-order valence-corrected chi connectivity index (χ2v) is 12.3. The molecule has 0 heterocycles. The van der Waals surface area contributed by atoms with Gasteiger partial charge < -0.3 is 9.84 Å². The van der Waals surface area contributed by atoms with Crippen LogP contribution in [0.15, 0.2) is 22.7 Å². The maximum absolute atomic E-state index is 12.2. The Bertz CT molecular complexity index is 677. The maximum atomic E-state index is 12.2. The van der Waals surface area contributed by atoms with Crippen molar-refractivity contribution in [1.82, 2.24) is 0 Å². The normalized spacial score (nSPS) is 29.9. The lowest BCUT2D eigenvalue weighted by Crippen LogP contribution is -2.37. The first-order valence-electron chi connectivity index (χ1n) is 12.8. The highest BCUT2D eigenvalue weighted by Crippen LogP contribution is 2.60. The van der Waals surface area contributed by atoms with Crippen LogP contribution in [-0.4, -0.2) is 23.8 Å². The van der Waals surface area contributed by atoms with Gasteiger partial charge in [0.05, 0.1) is 11.5 Å². The van der Waals surface area contributed by atoms with Gasteiger partial charge in [0.2, 0.25) is 0 Å². The molecule has 0 unspecified atom stereocenters. The monoisotopic (exact) mass is 510 g/mol. The molecule has 0 amide bonds. The molecule has 0 aromatic carbocycles. The smallest absolute Gasteiger partial charge is 0.311 e. The number of ether oxygens (including phenoxy) is 1. The molecule has 2 saturated carbocycles. The second kappa shape index (κ2) is 11.7. The highest BCUT2D eigenvalue weighted by atomic mass is 79.9. The van der Waals surface area contributed by atoms with Crippen LogP contribution >= 0.6 is 15.9 Å². The van der Waals surface area contributed by atoms with Crippen LogP contribution in [0.4, 0.5) is 0 Å². The van der Waals surface area contributed by atoms with Crippen molar-refractivity contribution < 1.29 is 14.6 Å². The van der Waals surface area contributed by atoms with Gasteiger partial charge in [-0.05, 0) is 99.4 Å². The number of aliphatic hydroxyl groups excluding tert-OH is 1. The summed E-state index contributed by atoms with van der Waals surface area (Å²) < 4.78 is 5.53. The molecule has 0 spiro atoms. The number of esters is 1. The molecule has 4 heteroatoms. The number of allylic oxidation sites excluding steroid dienone is 1. The molecule has 0 aliphatic heterocycles. The van der Waals surface area contributed by atoms with Crippen LogP contribution < -0.4 is 0 Å². The number of halogens is 1. The third kappa shape index (κ3) is 6.50. The van der Waals surface area contributed by atoms with E-state index in [1.807, 2.05) is 20.8 Å². The van der Waals surface area contributed by atoms with Crippen molar-refractivity contribution in [2.75, 3.05) is 6.61 Å². The van der Waals surface area contributed by atoms with E-state index in [1.165, 1.54) is 32.1 Å². The zero-order valence-corrected chi connectivity index (χ0v) is 23.0. The molecule has 6 atom stereocenters. The van der Waals surface area contributed by atoms with Gasteiger partial charge in [-0.1, -0.05) is 61.7 Å². The van der Waals surface area contributed by atoms with Gasteiger partial charge in [-0.3, -0.25) is 4.79 Å². The van der Waals surface area contributed by atoms with Gasteiger partial charge in [-0.15, -0.1) is 0 Å². The van der Waals surface area contributed by atoms with Gasteiger partial charge in [0.15, 0.2) is 0 Å². The van der Waals surface area contributed by atoms with E-state index < -0.39 is 11.5 Å². The first-order valence-corrected chi connectivity index (χ1v) is 13.7. The zero-order chi connectivity index (χ0) is 24.1. The Kier molecular flexibility index (Phi) is 10.1. The summed E-state index contributed by atoms with van der Waals surface area (Å²) in [5.74, 6) is 1.56. The van der Waals surface area contributed by atoms with Gasteiger partial charge in [-0.2, -0.15) is 0 Å². The Labute approximate surface area is 205 Å². The molecule has 2 fully saturated rings. The summed E-state index contributed by atoms with van der Waals surface area (Å²) in [5.41, 5.74) is 2.26. The number of aliphatic hydroxyl groups is 1. The topological polar surface area (TPSA) is 46.5 Å². The van der Waals surface area contributed by atoms with Crippen LogP contribution in [0.2, 0.25) is 0 Å². The predicted molar refractivity (Wildman–Crippen MR) is 138 cm³/mol. The fourth-order valence-corrected chi connectivity index (χ4v) is 6.98. The Morgan fingerprint density at radius 1 is 1.38 bits per heavy atom. The van der Waals surface area contributed by atoms with E-state index in [4.69, 9.17) is 4.74 Å². The summed E-state index contributed by atoms with van der Waals surface area (Å²) in [6.45, 7) is 17.0. The van der Waals surface area contributed by atoms with Crippen molar-refractivity contribution in [2.45, 2.75) is 105 Å². The minimum absolute atomic E-state index is 0.0143. The molecule has 184 valence electrons. The van der Waals surface area contributed by atoms with Crippen molar-refractivity contribution in [3.63, 3.8) is 0 Å². The van der Waals surface area contributed by atoms with E-state index in [9.17, 15) is 9.90 Å². The number of unbranched alkanes of at least 4 members (excludes halogenated alkanes) is 1. The lowest BCUT2D eigenvalue weighted by molar-refractivity contribution is -0.152. The molecular weight excluding hydrogens is 464 g/mol. The third-order valence-corrected chi connectivity index (χ3v) is 8.92. The first kappa shape index (κ1) is 27.6. The summed E-state index contributed by atoms with van der Waals surface area (Å²) in [4.78, 5) is 14.4. The molecule has 0 aromatic heterocycles. The number of hydrogen-bond acceptors (Lipinski definition) is 3. The van der Waals surface area contributed by atoms with E-state index in [0.29, 0.717) is 23.2 Å². The van der Waals surface area contributed by atoms with Gasteiger partial charge in [0.1, 0.15) is 6.61 Å². The van der Waals surface area contributed by atoms with Crippen LogP contribution in [0, 0.1) is 34.5 Å². The molecule has 2 rings (SSSR count). The highest BCUT2D eigenvalue weighted by molar-refractivity contribution is 9.11. The Morgan fingerprint density at radius 3 is 2.66 bits per heavy atom. The van der Waals surface area contributed by atoms with E-state index >= 15 is 0 Å². The average molecular weight is 512 g/mol. The fraction of sp³-hybridized carbons (Fsp3) is 0.821. The molecule has 2 aliphatic carbocycles. The SMILES string of the molecule is C=C(COC(=O)C(C)(C)C)[C@H](CCCC)[C@@H](O)C[C@@H](C)[C@H]1CC[C@H]2C(=CBr)CCC[C@]12C. The van der Waals surface area contributed by atoms with Crippen LogP contribution in [0.5, 0.6) is 0 Å². The van der Waals surface area contributed by atoms with Gasteiger partial charge in [-0.25, -0.2) is 0 Å². The summed E-state index contributed by atoms with van der Waals surface area (Å²) in [7, 11) is 0.